The highest BCUT2D eigenvalue weighted by Gasteiger charge is 2.17. The number of carbonyl (C=O) groups excluding carboxylic acids is 1. The van der Waals surface area contributed by atoms with Crippen LogP contribution in [0.2, 0.25) is 5.02 Å². The predicted octanol–water partition coefficient (Wildman–Crippen LogP) is 3.03. The van der Waals surface area contributed by atoms with Crippen LogP contribution in [0.25, 0.3) is 16.6 Å². The topological polar surface area (TPSA) is 73.1 Å². The number of hydrogen-bond acceptors (Lipinski definition) is 3. The van der Waals surface area contributed by atoms with E-state index < -0.39 is 11.2 Å². The summed E-state index contributed by atoms with van der Waals surface area (Å²) >= 11 is 6.20. The number of hydrogen-bond donors (Lipinski definition) is 1. The molecule has 0 saturated heterocycles. The molecule has 28 heavy (non-hydrogen) atoms. The van der Waals surface area contributed by atoms with E-state index in [-0.39, 0.29) is 18.5 Å². The lowest BCUT2D eigenvalue weighted by molar-refractivity contribution is -0.122. The van der Waals surface area contributed by atoms with Gasteiger partial charge in [0.1, 0.15) is 6.54 Å². The molecule has 0 fully saturated rings. The Morgan fingerprint density at radius 2 is 1.89 bits per heavy atom. The van der Waals surface area contributed by atoms with Crippen LogP contribution in [-0.4, -0.2) is 21.1 Å². The van der Waals surface area contributed by atoms with Gasteiger partial charge in [0.25, 0.3) is 5.56 Å². The Balaban J connectivity index is 2.23. The van der Waals surface area contributed by atoms with Crippen molar-refractivity contribution in [3.05, 3.63) is 73.9 Å². The van der Waals surface area contributed by atoms with E-state index in [1.54, 1.807) is 42.5 Å². The second-order valence-electron chi connectivity index (χ2n) is 6.84. The quantitative estimate of drug-likeness (QED) is 0.716. The van der Waals surface area contributed by atoms with Gasteiger partial charge in [0, 0.05) is 11.1 Å². The van der Waals surface area contributed by atoms with Crippen molar-refractivity contribution in [3.63, 3.8) is 0 Å². The lowest BCUT2D eigenvalue weighted by Gasteiger charge is -2.16. The number of aryl methyl sites for hydroxylation is 1. The minimum absolute atomic E-state index is 0.00345. The van der Waals surface area contributed by atoms with Gasteiger partial charge in [-0.25, -0.2) is 9.36 Å². The van der Waals surface area contributed by atoms with E-state index >= 15 is 0 Å². The Morgan fingerprint density at radius 1 is 1.18 bits per heavy atom. The molecular weight excluding hydrogens is 378 g/mol. The number of nitrogens with one attached hydrogen (secondary N) is 1. The van der Waals surface area contributed by atoms with Crippen LogP contribution in [0, 0.1) is 6.92 Å². The summed E-state index contributed by atoms with van der Waals surface area (Å²) in [6.45, 7) is 5.53. The van der Waals surface area contributed by atoms with Crippen molar-refractivity contribution in [1.29, 1.82) is 0 Å². The molecule has 1 unspecified atom stereocenters. The Bertz CT molecular complexity index is 1160. The summed E-state index contributed by atoms with van der Waals surface area (Å²) in [6.07, 6.45) is 0.781. The highest BCUT2D eigenvalue weighted by molar-refractivity contribution is 6.31. The number of fused-ring (bicyclic) bond motifs is 1. The van der Waals surface area contributed by atoms with E-state index in [0.717, 1.165) is 16.6 Å². The number of halogens is 1. The fourth-order valence-electron chi connectivity index (χ4n) is 2.99. The molecule has 3 aromatic rings. The summed E-state index contributed by atoms with van der Waals surface area (Å²) in [7, 11) is 0. The molecule has 1 N–H and O–H groups in total. The fraction of sp³-hybridized carbons (Fsp3) is 0.286. The van der Waals surface area contributed by atoms with Crippen LogP contribution in [0.3, 0.4) is 0 Å². The molecular formula is C21H22ClN3O3. The summed E-state index contributed by atoms with van der Waals surface area (Å²) in [5.74, 6) is -0.284. The molecule has 2 aromatic carbocycles. The molecule has 3 rings (SSSR count). The number of nitrogens with zero attached hydrogens (tertiary/aromatic N) is 2. The van der Waals surface area contributed by atoms with Gasteiger partial charge in [-0.1, -0.05) is 36.7 Å². The minimum Gasteiger partial charge on any atom is -0.352 e. The van der Waals surface area contributed by atoms with Crippen LogP contribution in [0.15, 0.2) is 52.1 Å². The highest BCUT2D eigenvalue weighted by atomic mass is 35.5. The van der Waals surface area contributed by atoms with Crippen molar-refractivity contribution in [2.75, 3.05) is 0 Å². The third-order valence-electron chi connectivity index (χ3n) is 4.79. The van der Waals surface area contributed by atoms with Gasteiger partial charge in [0.15, 0.2) is 0 Å². The smallest absolute Gasteiger partial charge is 0.336 e. The minimum atomic E-state index is -0.581. The predicted molar refractivity (Wildman–Crippen MR) is 111 cm³/mol. The van der Waals surface area contributed by atoms with Crippen molar-refractivity contribution in [3.8, 4) is 5.69 Å². The van der Waals surface area contributed by atoms with Crippen LogP contribution >= 0.6 is 11.6 Å². The third kappa shape index (κ3) is 3.73. The molecule has 1 amide bonds. The second-order valence-corrected chi connectivity index (χ2v) is 7.24. The molecule has 7 heteroatoms. The van der Waals surface area contributed by atoms with E-state index in [1.807, 2.05) is 20.8 Å². The first kappa shape index (κ1) is 19.9. The summed E-state index contributed by atoms with van der Waals surface area (Å²) in [4.78, 5) is 38.6. The lowest BCUT2D eigenvalue weighted by atomic mass is 10.2. The number of para-hydroxylation sites is 1. The molecule has 0 radical (unpaired) electrons. The molecule has 0 saturated carbocycles. The maximum atomic E-state index is 13.2. The molecule has 0 bridgehead atoms. The van der Waals surface area contributed by atoms with E-state index in [1.165, 1.54) is 4.57 Å². The fourth-order valence-corrected chi connectivity index (χ4v) is 3.16. The van der Waals surface area contributed by atoms with E-state index in [2.05, 4.69) is 5.32 Å². The summed E-state index contributed by atoms with van der Waals surface area (Å²) in [5.41, 5.74) is 0.605. The Morgan fingerprint density at radius 3 is 2.57 bits per heavy atom. The molecule has 0 spiro atoms. The van der Waals surface area contributed by atoms with Crippen LogP contribution in [0.4, 0.5) is 0 Å². The molecule has 0 aliphatic carbocycles. The van der Waals surface area contributed by atoms with Crippen LogP contribution in [-0.2, 0) is 11.3 Å². The molecule has 1 heterocycles. The van der Waals surface area contributed by atoms with Crippen molar-refractivity contribution in [1.82, 2.24) is 14.5 Å². The number of benzene rings is 2. The first-order chi connectivity index (χ1) is 13.3. The molecule has 1 aromatic heterocycles. The summed E-state index contributed by atoms with van der Waals surface area (Å²) in [5, 5.41) is 3.67. The van der Waals surface area contributed by atoms with Gasteiger partial charge in [-0.2, -0.15) is 0 Å². The van der Waals surface area contributed by atoms with Crippen LogP contribution < -0.4 is 16.6 Å². The zero-order valence-corrected chi connectivity index (χ0v) is 16.8. The lowest BCUT2D eigenvalue weighted by Crippen LogP contribution is -2.43. The van der Waals surface area contributed by atoms with E-state index in [9.17, 15) is 14.4 Å². The number of amides is 1. The first-order valence-corrected chi connectivity index (χ1v) is 9.51. The largest absolute Gasteiger partial charge is 0.352 e. The molecule has 146 valence electrons. The zero-order valence-electron chi connectivity index (χ0n) is 16.0. The van der Waals surface area contributed by atoms with Gasteiger partial charge >= 0.3 is 5.69 Å². The number of carbonyl (C=O) groups is 1. The normalized spacial score (nSPS) is 12.1. The number of rotatable bonds is 5. The Hall–Kier alpha value is -2.86. The molecule has 6 nitrogen and oxygen atoms in total. The standard InChI is InChI=1S/C21H22ClN3O3/c1-4-14(3)23-19(26)12-24-18-8-6-5-7-16(18)20(27)25(21(24)28)15-10-9-13(2)17(22)11-15/h5-11,14H,4,12H2,1-3H3,(H,23,26). The van der Waals surface area contributed by atoms with Gasteiger partial charge in [-0.05, 0) is 50.1 Å². The molecule has 1 atom stereocenters. The van der Waals surface area contributed by atoms with Gasteiger partial charge < -0.3 is 5.32 Å². The van der Waals surface area contributed by atoms with Crippen molar-refractivity contribution < 1.29 is 4.79 Å². The SMILES string of the molecule is CCC(C)NC(=O)Cn1c(=O)n(-c2ccc(C)c(Cl)c2)c(=O)c2ccccc21. The van der Waals surface area contributed by atoms with Crippen molar-refractivity contribution in [2.24, 2.45) is 0 Å². The summed E-state index contributed by atoms with van der Waals surface area (Å²) in [6, 6.07) is 11.8. The average Bonchev–Trinajstić information content (AvgIpc) is 2.68. The first-order valence-electron chi connectivity index (χ1n) is 9.14. The Kier molecular flexibility index (Phi) is 5.70. The van der Waals surface area contributed by atoms with Gasteiger partial charge in [0.2, 0.25) is 5.91 Å². The molecule has 0 aliphatic heterocycles. The second kappa shape index (κ2) is 8.02. The van der Waals surface area contributed by atoms with Crippen LogP contribution in [0.1, 0.15) is 25.8 Å². The summed E-state index contributed by atoms with van der Waals surface area (Å²) < 4.78 is 2.38. The van der Waals surface area contributed by atoms with E-state index in [0.29, 0.717) is 21.6 Å². The third-order valence-corrected chi connectivity index (χ3v) is 5.19. The van der Waals surface area contributed by atoms with Crippen molar-refractivity contribution in [2.45, 2.75) is 39.8 Å². The van der Waals surface area contributed by atoms with Crippen LogP contribution in [0.5, 0.6) is 0 Å². The maximum absolute atomic E-state index is 13.2. The zero-order chi connectivity index (χ0) is 20.4. The van der Waals surface area contributed by atoms with E-state index in [4.69, 9.17) is 11.6 Å². The van der Waals surface area contributed by atoms with Gasteiger partial charge in [-0.15, -0.1) is 0 Å². The van der Waals surface area contributed by atoms with Crippen molar-refractivity contribution >= 4 is 28.4 Å². The highest BCUT2D eigenvalue weighted by Crippen LogP contribution is 2.18. The van der Waals surface area contributed by atoms with Gasteiger partial charge in [-0.3, -0.25) is 14.2 Å². The Labute approximate surface area is 167 Å². The number of aromatic nitrogens is 2. The maximum Gasteiger partial charge on any atom is 0.336 e. The monoisotopic (exact) mass is 399 g/mol. The molecule has 0 aliphatic rings. The van der Waals surface area contributed by atoms with Gasteiger partial charge in [0.05, 0.1) is 16.6 Å². The average molecular weight is 400 g/mol.